The van der Waals surface area contributed by atoms with Gasteiger partial charge in [-0.1, -0.05) is 41.9 Å². The van der Waals surface area contributed by atoms with E-state index in [-0.39, 0.29) is 6.04 Å². The minimum Gasteiger partial charge on any atom is -0.348 e. The van der Waals surface area contributed by atoms with Crippen LogP contribution in [0.25, 0.3) is 0 Å². The second-order valence-corrected chi connectivity index (χ2v) is 6.52. The fraction of sp³-hybridized carbons (Fsp3) is 0.200. The zero-order chi connectivity index (χ0) is 17.8. The van der Waals surface area contributed by atoms with Crippen molar-refractivity contribution < 1.29 is 0 Å². The SMILES string of the molecule is Cc1cc(Nc2ccc(Cl)cc2C)nc(NC(C)c2ccccc2)n1. The van der Waals surface area contributed by atoms with E-state index in [9.17, 15) is 0 Å². The molecule has 25 heavy (non-hydrogen) atoms. The highest BCUT2D eigenvalue weighted by Crippen LogP contribution is 2.24. The molecule has 0 radical (unpaired) electrons. The van der Waals surface area contributed by atoms with Crippen LogP contribution in [0.2, 0.25) is 5.02 Å². The summed E-state index contributed by atoms with van der Waals surface area (Å²) >= 11 is 6.02. The number of rotatable bonds is 5. The van der Waals surface area contributed by atoms with Crippen molar-refractivity contribution in [2.45, 2.75) is 26.8 Å². The summed E-state index contributed by atoms with van der Waals surface area (Å²) in [5.74, 6) is 1.35. The molecule has 2 aromatic carbocycles. The summed E-state index contributed by atoms with van der Waals surface area (Å²) in [6.07, 6.45) is 0. The highest BCUT2D eigenvalue weighted by molar-refractivity contribution is 6.30. The highest BCUT2D eigenvalue weighted by atomic mass is 35.5. The van der Waals surface area contributed by atoms with E-state index >= 15 is 0 Å². The van der Waals surface area contributed by atoms with Gasteiger partial charge in [0.05, 0.1) is 6.04 Å². The van der Waals surface area contributed by atoms with Crippen LogP contribution < -0.4 is 10.6 Å². The van der Waals surface area contributed by atoms with Gasteiger partial charge < -0.3 is 10.6 Å². The Kier molecular flexibility index (Phi) is 5.19. The van der Waals surface area contributed by atoms with Crippen molar-refractivity contribution in [3.8, 4) is 0 Å². The second-order valence-electron chi connectivity index (χ2n) is 6.08. The van der Waals surface area contributed by atoms with Gasteiger partial charge in [0.15, 0.2) is 0 Å². The first-order valence-electron chi connectivity index (χ1n) is 8.21. The first-order chi connectivity index (χ1) is 12.0. The summed E-state index contributed by atoms with van der Waals surface area (Å²) in [4.78, 5) is 9.09. The standard InChI is InChI=1S/C20H21ClN4/c1-13-11-17(21)9-10-18(13)24-19-12-14(2)22-20(25-19)23-15(3)16-7-5-4-6-8-16/h4-12,15H,1-3H3,(H2,22,23,24,25). The molecule has 1 heterocycles. The number of aromatic nitrogens is 2. The molecule has 5 heteroatoms. The normalized spacial score (nSPS) is 11.8. The van der Waals surface area contributed by atoms with Gasteiger partial charge in [-0.2, -0.15) is 4.98 Å². The Morgan fingerprint density at radius 1 is 0.960 bits per heavy atom. The van der Waals surface area contributed by atoms with Crippen LogP contribution in [0.1, 0.15) is 29.8 Å². The molecule has 0 spiro atoms. The van der Waals surface area contributed by atoms with Crippen LogP contribution in [0, 0.1) is 13.8 Å². The molecule has 0 bridgehead atoms. The number of nitrogens with one attached hydrogen (secondary N) is 2. The third-order valence-electron chi connectivity index (χ3n) is 3.95. The molecular weight excluding hydrogens is 332 g/mol. The number of hydrogen-bond acceptors (Lipinski definition) is 4. The Morgan fingerprint density at radius 3 is 2.44 bits per heavy atom. The minimum absolute atomic E-state index is 0.119. The quantitative estimate of drug-likeness (QED) is 0.621. The zero-order valence-corrected chi connectivity index (χ0v) is 15.3. The van der Waals surface area contributed by atoms with Crippen molar-refractivity contribution in [1.29, 1.82) is 0 Å². The van der Waals surface area contributed by atoms with E-state index in [1.165, 1.54) is 5.56 Å². The predicted octanol–water partition coefficient (Wildman–Crippen LogP) is 5.66. The number of benzene rings is 2. The predicted molar refractivity (Wildman–Crippen MR) is 105 cm³/mol. The lowest BCUT2D eigenvalue weighted by molar-refractivity contribution is 0.858. The van der Waals surface area contributed by atoms with Crippen LogP contribution in [-0.2, 0) is 0 Å². The third kappa shape index (κ3) is 4.48. The summed E-state index contributed by atoms with van der Waals surface area (Å²) < 4.78 is 0. The Balaban J connectivity index is 1.80. The molecule has 4 nitrogen and oxygen atoms in total. The fourth-order valence-corrected chi connectivity index (χ4v) is 2.85. The van der Waals surface area contributed by atoms with Gasteiger partial charge in [-0.05, 0) is 50.1 Å². The van der Waals surface area contributed by atoms with Gasteiger partial charge in [-0.25, -0.2) is 4.98 Å². The maximum atomic E-state index is 6.02. The Hall–Kier alpha value is -2.59. The lowest BCUT2D eigenvalue weighted by Gasteiger charge is -2.16. The smallest absolute Gasteiger partial charge is 0.225 e. The van der Waals surface area contributed by atoms with E-state index in [0.717, 1.165) is 27.8 Å². The number of nitrogens with zero attached hydrogens (tertiary/aromatic N) is 2. The molecule has 0 aliphatic heterocycles. The molecule has 0 aliphatic rings. The maximum absolute atomic E-state index is 6.02. The topological polar surface area (TPSA) is 49.8 Å². The molecule has 0 amide bonds. The lowest BCUT2D eigenvalue weighted by atomic mass is 10.1. The second kappa shape index (κ2) is 7.53. The van der Waals surface area contributed by atoms with E-state index in [4.69, 9.17) is 11.6 Å². The Bertz CT molecular complexity index is 865. The molecule has 1 aromatic heterocycles. The molecule has 3 aromatic rings. The molecule has 1 atom stereocenters. The highest BCUT2D eigenvalue weighted by Gasteiger charge is 2.09. The Labute approximate surface area is 153 Å². The van der Waals surface area contributed by atoms with Crippen molar-refractivity contribution >= 4 is 29.1 Å². The van der Waals surface area contributed by atoms with Crippen molar-refractivity contribution in [3.63, 3.8) is 0 Å². The van der Waals surface area contributed by atoms with Crippen molar-refractivity contribution in [2.24, 2.45) is 0 Å². The van der Waals surface area contributed by atoms with E-state index in [1.807, 2.05) is 56.3 Å². The molecule has 1 unspecified atom stereocenters. The molecule has 0 aliphatic carbocycles. The average Bonchev–Trinajstić information content (AvgIpc) is 2.58. The monoisotopic (exact) mass is 352 g/mol. The Morgan fingerprint density at radius 2 is 1.72 bits per heavy atom. The average molecular weight is 353 g/mol. The first kappa shape index (κ1) is 17.2. The molecule has 128 valence electrons. The van der Waals surface area contributed by atoms with E-state index < -0.39 is 0 Å². The zero-order valence-electron chi connectivity index (χ0n) is 14.5. The van der Waals surface area contributed by atoms with Gasteiger partial charge in [-0.15, -0.1) is 0 Å². The van der Waals surface area contributed by atoms with E-state index in [1.54, 1.807) is 0 Å². The summed E-state index contributed by atoms with van der Waals surface area (Å²) in [6.45, 7) is 6.07. The van der Waals surface area contributed by atoms with E-state index in [2.05, 4.69) is 39.7 Å². The fourth-order valence-electron chi connectivity index (χ4n) is 2.62. The van der Waals surface area contributed by atoms with E-state index in [0.29, 0.717) is 5.95 Å². The molecule has 3 rings (SSSR count). The summed E-state index contributed by atoms with van der Waals surface area (Å²) in [6, 6.07) is 18.0. The first-order valence-corrected chi connectivity index (χ1v) is 8.59. The molecule has 0 fully saturated rings. The van der Waals surface area contributed by atoms with Crippen molar-refractivity contribution in [2.75, 3.05) is 10.6 Å². The van der Waals surface area contributed by atoms with Gasteiger partial charge in [0.25, 0.3) is 0 Å². The summed E-state index contributed by atoms with van der Waals surface area (Å²) in [5, 5.41) is 7.43. The number of aryl methyl sites for hydroxylation is 2. The lowest BCUT2D eigenvalue weighted by Crippen LogP contribution is -2.11. The third-order valence-corrected chi connectivity index (χ3v) is 4.19. The van der Waals surface area contributed by atoms with Gasteiger partial charge in [0.1, 0.15) is 5.82 Å². The number of halogens is 1. The van der Waals surface area contributed by atoms with Crippen LogP contribution >= 0.6 is 11.6 Å². The molecule has 2 N–H and O–H groups in total. The largest absolute Gasteiger partial charge is 0.348 e. The minimum atomic E-state index is 0.119. The van der Waals surface area contributed by atoms with Crippen LogP contribution in [-0.4, -0.2) is 9.97 Å². The molecular formula is C20H21ClN4. The molecule has 0 saturated heterocycles. The van der Waals surface area contributed by atoms with Gasteiger partial charge in [-0.3, -0.25) is 0 Å². The summed E-state index contributed by atoms with van der Waals surface area (Å²) in [5.41, 5.74) is 4.13. The van der Waals surface area contributed by atoms with Crippen LogP contribution in [0.4, 0.5) is 17.5 Å². The van der Waals surface area contributed by atoms with Gasteiger partial charge >= 0.3 is 0 Å². The van der Waals surface area contributed by atoms with Crippen molar-refractivity contribution in [3.05, 3.63) is 76.4 Å². The van der Waals surface area contributed by atoms with Crippen molar-refractivity contribution in [1.82, 2.24) is 9.97 Å². The number of anilines is 3. The molecule has 0 saturated carbocycles. The van der Waals surface area contributed by atoms with Crippen LogP contribution in [0.3, 0.4) is 0 Å². The number of hydrogen-bond donors (Lipinski definition) is 2. The summed E-state index contributed by atoms with van der Waals surface area (Å²) in [7, 11) is 0. The maximum Gasteiger partial charge on any atom is 0.225 e. The van der Waals surface area contributed by atoms with Gasteiger partial charge in [0.2, 0.25) is 5.95 Å². The van der Waals surface area contributed by atoms with Crippen LogP contribution in [0.15, 0.2) is 54.6 Å². The van der Waals surface area contributed by atoms with Gasteiger partial charge in [0, 0.05) is 22.5 Å². The van der Waals surface area contributed by atoms with Crippen LogP contribution in [0.5, 0.6) is 0 Å².